The highest BCUT2D eigenvalue weighted by Gasteiger charge is 2.33. The molecule has 1 rings (SSSR count). The van der Waals surface area contributed by atoms with Gasteiger partial charge in [-0.15, -0.1) is 0 Å². The van der Waals surface area contributed by atoms with Gasteiger partial charge in [-0.2, -0.15) is 0 Å². The van der Waals surface area contributed by atoms with Crippen molar-refractivity contribution >= 4 is 5.91 Å². The molecular formula is C10H20N2O. The lowest BCUT2D eigenvalue weighted by Crippen LogP contribution is -2.37. The topological polar surface area (TPSA) is 55.1 Å². The lowest BCUT2D eigenvalue weighted by molar-refractivity contribution is -0.122. The van der Waals surface area contributed by atoms with Crippen molar-refractivity contribution < 1.29 is 4.79 Å². The van der Waals surface area contributed by atoms with Gasteiger partial charge in [0.1, 0.15) is 0 Å². The Balaban J connectivity index is 2.54. The molecule has 13 heavy (non-hydrogen) atoms. The minimum Gasteiger partial charge on any atom is -0.369 e. The van der Waals surface area contributed by atoms with E-state index in [0.717, 1.165) is 19.4 Å². The maximum absolute atomic E-state index is 11.1. The van der Waals surface area contributed by atoms with E-state index in [1.165, 1.54) is 0 Å². The Hall–Kier alpha value is -0.570. The van der Waals surface area contributed by atoms with E-state index in [0.29, 0.717) is 0 Å². The fourth-order valence-electron chi connectivity index (χ4n) is 1.98. The van der Waals surface area contributed by atoms with Gasteiger partial charge >= 0.3 is 0 Å². The first-order valence-corrected chi connectivity index (χ1v) is 4.93. The minimum absolute atomic E-state index is 0.0409. The molecule has 0 bridgehead atoms. The summed E-state index contributed by atoms with van der Waals surface area (Å²) >= 11 is 0. The number of carbonyl (C=O) groups excluding carboxylic acids is 1. The van der Waals surface area contributed by atoms with E-state index < -0.39 is 0 Å². The van der Waals surface area contributed by atoms with Crippen LogP contribution >= 0.6 is 0 Å². The second kappa shape index (κ2) is 3.66. The zero-order valence-corrected chi connectivity index (χ0v) is 8.76. The van der Waals surface area contributed by atoms with Crippen molar-refractivity contribution in [1.29, 1.82) is 0 Å². The maximum atomic E-state index is 11.1. The van der Waals surface area contributed by atoms with Gasteiger partial charge in [-0.05, 0) is 24.8 Å². The van der Waals surface area contributed by atoms with Gasteiger partial charge in [0.25, 0.3) is 0 Å². The third kappa shape index (κ3) is 2.99. The summed E-state index contributed by atoms with van der Waals surface area (Å²) < 4.78 is 0. The van der Waals surface area contributed by atoms with Crippen LogP contribution in [0.4, 0.5) is 0 Å². The van der Waals surface area contributed by atoms with Gasteiger partial charge in [0.05, 0.1) is 5.92 Å². The molecule has 1 saturated heterocycles. The number of hydrogen-bond donors (Lipinski definition) is 2. The number of carbonyl (C=O) groups is 1. The fourth-order valence-corrected chi connectivity index (χ4v) is 1.98. The second-order valence-corrected chi connectivity index (χ2v) is 5.12. The van der Waals surface area contributed by atoms with E-state index in [2.05, 4.69) is 26.1 Å². The van der Waals surface area contributed by atoms with E-state index in [-0.39, 0.29) is 23.3 Å². The van der Waals surface area contributed by atoms with Gasteiger partial charge in [0.2, 0.25) is 5.91 Å². The van der Waals surface area contributed by atoms with Crippen molar-refractivity contribution in [1.82, 2.24) is 5.32 Å². The Morgan fingerprint density at radius 3 is 2.62 bits per heavy atom. The molecule has 0 radical (unpaired) electrons. The summed E-state index contributed by atoms with van der Waals surface area (Å²) in [4.78, 5) is 11.1. The Bertz CT molecular complexity index is 196. The van der Waals surface area contributed by atoms with Gasteiger partial charge in [-0.1, -0.05) is 20.8 Å². The number of hydrogen-bond acceptors (Lipinski definition) is 2. The van der Waals surface area contributed by atoms with Crippen LogP contribution in [0.3, 0.4) is 0 Å². The lowest BCUT2D eigenvalue weighted by atomic mass is 9.83. The van der Waals surface area contributed by atoms with Crippen molar-refractivity contribution in [2.24, 2.45) is 17.1 Å². The molecule has 0 aromatic heterocycles. The number of nitrogens with two attached hydrogens (primary N) is 1. The molecule has 3 N–H and O–H groups in total. The van der Waals surface area contributed by atoms with Crippen LogP contribution in [0.2, 0.25) is 0 Å². The molecule has 3 nitrogen and oxygen atoms in total. The Morgan fingerprint density at radius 2 is 2.15 bits per heavy atom. The van der Waals surface area contributed by atoms with Crippen LogP contribution in [-0.4, -0.2) is 18.5 Å². The molecule has 76 valence electrons. The van der Waals surface area contributed by atoms with Crippen molar-refractivity contribution in [2.75, 3.05) is 6.54 Å². The molecule has 2 unspecified atom stereocenters. The number of amides is 1. The highest BCUT2D eigenvalue weighted by molar-refractivity contribution is 5.77. The van der Waals surface area contributed by atoms with Crippen molar-refractivity contribution in [3.63, 3.8) is 0 Å². The van der Waals surface area contributed by atoms with Crippen molar-refractivity contribution in [3.05, 3.63) is 0 Å². The van der Waals surface area contributed by atoms with E-state index in [1.807, 2.05) is 0 Å². The minimum atomic E-state index is -0.153. The molecule has 1 aliphatic rings. The second-order valence-electron chi connectivity index (χ2n) is 5.12. The monoisotopic (exact) mass is 184 g/mol. The molecule has 1 aliphatic heterocycles. The normalized spacial score (nSPS) is 29.2. The van der Waals surface area contributed by atoms with Gasteiger partial charge in [0.15, 0.2) is 0 Å². The summed E-state index contributed by atoms with van der Waals surface area (Å²) in [7, 11) is 0. The van der Waals surface area contributed by atoms with E-state index in [9.17, 15) is 4.79 Å². The molecule has 1 amide bonds. The zero-order valence-electron chi connectivity index (χ0n) is 8.76. The largest absolute Gasteiger partial charge is 0.369 e. The van der Waals surface area contributed by atoms with E-state index in [1.54, 1.807) is 0 Å². The highest BCUT2D eigenvalue weighted by atomic mass is 16.1. The van der Waals surface area contributed by atoms with Crippen LogP contribution in [0.25, 0.3) is 0 Å². The molecule has 0 saturated carbocycles. The van der Waals surface area contributed by atoms with Gasteiger partial charge < -0.3 is 11.1 Å². The van der Waals surface area contributed by atoms with Crippen LogP contribution in [0.15, 0.2) is 0 Å². The van der Waals surface area contributed by atoms with Crippen LogP contribution in [0, 0.1) is 11.3 Å². The average Bonchev–Trinajstić information content (AvgIpc) is 2.31. The molecule has 0 aliphatic carbocycles. The Labute approximate surface area is 80.1 Å². The fraction of sp³-hybridized carbons (Fsp3) is 0.900. The summed E-state index contributed by atoms with van der Waals surface area (Å²) in [6.45, 7) is 7.48. The predicted octanol–water partition coefficient (Wildman–Crippen LogP) is 0.886. The van der Waals surface area contributed by atoms with Crippen molar-refractivity contribution in [3.8, 4) is 0 Å². The van der Waals surface area contributed by atoms with E-state index in [4.69, 9.17) is 5.73 Å². The summed E-state index contributed by atoms with van der Waals surface area (Å²) in [6.07, 6.45) is 1.91. The first-order chi connectivity index (χ1) is 5.90. The maximum Gasteiger partial charge on any atom is 0.222 e. The molecular weight excluding hydrogens is 164 g/mol. The first-order valence-electron chi connectivity index (χ1n) is 4.93. The molecule has 1 heterocycles. The van der Waals surface area contributed by atoms with Crippen LogP contribution in [-0.2, 0) is 4.79 Å². The zero-order chi connectivity index (χ0) is 10.1. The van der Waals surface area contributed by atoms with Crippen LogP contribution in [0.1, 0.15) is 33.6 Å². The van der Waals surface area contributed by atoms with Crippen molar-refractivity contribution in [2.45, 2.75) is 39.7 Å². The Kier molecular flexibility index (Phi) is 2.96. The number of rotatable bonds is 2. The summed E-state index contributed by atoms with van der Waals surface area (Å²) in [5.41, 5.74) is 5.59. The first kappa shape index (κ1) is 10.5. The smallest absolute Gasteiger partial charge is 0.222 e. The van der Waals surface area contributed by atoms with Gasteiger partial charge in [-0.3, -0.25) is 4.79 Å². The predicted molar refractivity (Wildman–Crippen MR) is 53.2 cm³/mol. The SMILES string of the molecule is CC(C)(C)CC1NCCC1C(N)=O. The van der Waals surface area contributed by atoms with E-state index >= 15 is 0 Å². The van der Waals surface area contributed by atoms with Gasteiger partial charge in [0, 0.05) is 6.04 Å². The standard InChI is InChI=1S/C10H20N2O/c1-10(2,3)6-8-7(9(11)13)4-5-12-8/h7-8,12H,4-6H2,1-3H3,(H2,11,13). The highest BCUT2D eigenvalue weighted by Crippen LogP contribution is 2.28. The summed E-state index contributed by atoms with van der Waals surface area (Å²) in [5, 5.41) is 3.34. The van der Waals surface area contributed by atoms with Crippen LogP contribution in [0.5, 0.6) is 0 Å². The average molecular weight is 184 g/mol. The molecule has 0 aromatic carbocycles. The Morgan fingerprint density at radius 1 is 1.54 bits per heavy atom. The molecule has 3 heteroatoms. The lowest BCUT2D eigenvalue weighted by Gasteiger charge is -2.25. The number of primary amides is 1. The van der Waals surface area contributed by atoms with Gasteiger partial charge in [-0.25, -0.2) is 0 Å². The summed E-state index contributed by atoms with van der Waals surface area (Å²) in [6, 6.07) is 0.289. The summed E-state index contributed by atoms with van der Waals surface area (Å²) in [5.74, 6) is -0.113. The number of nitrogens with one attached hydrogen (secondary N) is 1. The molecule has 0 aromatic rings. The quantitative estimate of drug-likeness (QED) is 0.669. The third-order valence-electron chi connectivity index (χ3n) is 2.55. The molecule has 2 atom stereocenters. The third-order valence-corrected chi connectivity index (χ3v) is 2.55. The molecule has 0 spiro atoms. The van der Waals surface area contributed by atoms with Crippen LogP contribution < -0.4 is 11.1 Å². The molecule has 1 fully saturated rings.